The van der Waals surface area contributed by atoms with Crippen molar-refractivity contribution in [3.63, 3.8) is 0 Å². The van der Waals surface area contributed by atoms with E-state index in [1.54, 1.807) is 76.8 Å². The van der Waals surface area contributed by atoms with E-state index < -0.39 is 0 Å². The molecule has 0 saturated heterocycles. The molecule has 12 aromatic rings. The van der Waals surface area contributed by atoms with Crippen molar-refractivity contribution in [3.05, 3.63) is 370 Å². The lowest BCUT2D eigenvalue weighted by molar-refractivity contribution is -0.119. The fourth-order valence-electron chi connectivity index (χ4n) is 16.6. The summed E-state index contributed by atoms with van der Waals surface area (Å²) < 4.78 is 33.9. The molecule has 4 aliphatic carbocycles. The molecule has 16 rings (SSSR count). The molecule has 0 bridgehead atoms. The van der Waals surface area contributed by atoms with Gasteiger partial charge >= 0.3 is 0 Å². The van der Waals surface area contributed by atoms with E-state index in [2.05, 4.69) is 48.5 Å². The van der Waals surface area contributed by atoms with E-state index in [1.165, 1.54) is 45.5 Å². The predicted molar refractivity (Wildman–Crippen MR) is 442 cm³/mol. The molecule has 14 nitrogen and oxygen atoms in total. The number of benzene rings is 8. The van der Waals surface area contributed by atoms with Crippen LogP contribution in [0.2, 0.25) is 0 Å². The van der Waals surface area contributed by atoms with Crippen LogP contribution in [0.3, 0.4) is 0 Å². The summed E-state index contributed by atoms with van der Waals surface area (Å²) in [6.45, 7) is 7.30. The maximum atomic E-state index is 13.8. The third kappa shape index (κ3) is 18.0. The van der Waals surface area contributed by atoms with Crippen molar-refractivity contribution in [2.24, 2.45) is 28.2 Å². The molecule has 0 fully saturated rings. The number of hydrogen-bond donors (Lipinski definition) is 0. The molecule has 0 radical (unpaired) electrons. The second kappa shape index (κ2) is 34.4. The lowest BCUT2D eigenvalue weighted by Crippen LogP contribution is -2.19. The summed E-state index contributed by atoms with van der Waals surface area (Å²) in [5.41, 5.74) is 29.9. The van der Waals surface area contributed by atoms with Gasteiger partial charge in [0.25, 0.3) is 22.2 Å². The average Bonchev–Trinajstić information content (AvgIpc) is 0.785. The van der Waals surface area contributed by atoms with Crippen LogP contribution in [0, 0.1) is 62.0 Å². The molecule has 0 unspecified atom stereocenters. The van der Waals surface area contributed by atoms with Crippen molar-refractivity contribution in [1.82, 2.24) is 18.3 Å². The van der Waals surface area contributed by atoms with E-state index in [9.17, 15) is 52.4 Å². The van der Waals surface area contributed by atoms with Crippen LogP contribution in [0.1, 0.15) is 148 Å². The highest BCUT2D eigenvalue weighted by Gasteiger charge is 2.27. The van der Waals surface area contributed by atoms with Crippen molar-refractivity contribution >= 4 is 23.1 Å². The van der Waals surface area contributed by atoms with E-state index in [0.717, 1.165) is 126 Å². The van der Waals surface area contributed by atoms with Crippen LogP contribution in [-0.4, -0.2) is 41.4 Å². The first-order valence-corrected chi connectivity index (χ1v) is 38.5. The van der Waals surface area contributed by atoms with Gasteiger partial charge < -0.3 is 18.3 Å². The van der Waals surface area contributed by atoms with Gasteiger partial charge in [-0.25, -0.2) is 8.78 Å². The number of rotatable bonds is 12. The van der Waals surface area contributed by atoms with Gasteiger partial charge in [-0.15, -0.1) is 0 Å². The standard InChI is InChI=1S/2C25H22N2O2.2C24H22FNO2/c1-16-11-20(15-27(2)25(16)29)23-9-7-19-13-21(28)8-10-22(19)24(23)12-17-3-5-18(14-26)6-4-17;1-16-10-20(15-27(2)25(16)29)23-8-6-19-13-21(28)7-9-22(19)24(23)12-17-4-3-5-18(11-17)14-26;1-15-10-18(14-26(2)24(15)28)22-8-6-17-13-20(27)7-9-21(17)23(22)12-16-4-3-5-19(25)11-16;1-15-8-20(14-26(2)24(15)28)23-13-17-6-7-22(27)12-18(17)11-19(23)9-16-4-3-5-21(25)10-16/h3-7,9,11,15H,8,10,12-13H2,1-2H3;3-6,8,10-11,15H,7,9,12-13H2,1-2H3;3-6,8,10-11,14H,7,9,12-13H2,1-2H3;3-5,8,10-11,13-14H,6-7,9,12H2,1-2H3. The van der Waals surface area contributed by atoms with Crippen molar-refractivity contribution in [2.75, 3.05) is 0 Å². The second-order valence-corrected chi connectivity index (χ2v) is 30.7. The Morgan fingerprint density at radius 2 is 0.658 bits per heavy atom. The molecule has 0 amide bonds. The lowest BCUT2D eigenvalue weighted by atomic mass is 9.82. The molecular weight excluding hydrogens is 1430 g/mol. The third-order valence-electron chi connectivity index (χ3n) is 22.3. The average molecular weight is 1520 g/mol. The van der Waals surface area contributed by atoms with Gasteiger partial charge in [-0.2, -0.15) is 10.5 Å². The zero-order valence-corrected chi connectivity index (χ0v) is 65.5. The van der Waals surface area contributed by atoms with Gasteiger partial charge in [-0.3, -0.25) is 38.4 Å². The maximum Gasteiger partial charge on any atom is 0.253 e. The molecule has 0 atom stereocenters. The number of carbonyl (C=O) groups is 4. The van der Waals surface area contributed by atoms with Gasteiger partial charge in [-0.1, -0.05) is 97.1 Å². The Bertz CT molecular complexity index is 6060. The molecule has 572 valence electrons. The van der Waals surface area contributed by atoms with Crippen LogP contribution < -0.4 is 22.2 Å². The van der Waals surface area contributed by atoms with E-state index in [-0.39, 0.29) is 57.0 Å². The van der Waals surface area contributed by atoms with Crippen molar-refractivity contribution in [3.8, 4) is 56.6 Å². The van der Waals surface area contributed by atoms with Gasteiger partial charge in [0, 0.05) is 127 Å². The molecule has 0 aliphatic heterocycles. The molecule has 4 heterocycles. The van der Waals surface area contributed by atoms with Crippen LogP contribution in [0.25, 0.3) is 44.5 Å². The molecule has 0 N–H and O–H groups in total. The predicted octanol–water partition coefficient (Wildman–Crippen LogP) is 16.1. The number of ketones is 4. The summed E-state index contributed by atoms with van der Waals surface area (Å²) in [5.74, 6) is 0.570. The van der Waals surface area contributed by atoms with E-state index >= 15 is 0 Å². The number of pyridine rings is 4. The minimum Gasteiger partial charge on any atom is -0.318 e. The largest absolute Gasteiger partial charge is 0.318 e. The molecule has 4 aromatic heterocycles. The summed E-state index contributed by atoms with van der Waals surface area (Å²) in [6.07, 6.45) is 17.1. The molecule has 4 aliphatic rings. The fourth-order valence-corrected chi connectivity index (χ4v) is 16.6. The smallest absolute Gasteiger partial charge is 0.253 e. The Hall–Kier alpha value is -12.9. The van der Waals surface area contributed by atoms with E-state index in [0.29, 0.717) is 110 Å². The number of fused-ring (bicyclic) bond motifs is 4. The van der Waals surface area contributed by atoms with Gasteiger partial charge in [0.1, 0.15) is 34.8 Å². The number of halogens is 2. The van der Waals surface area contributed by atoms with Crippen LogP contribution >= 0.6 is 0 Å². The number of carbonyl (C=O) groups excluding carboxylic acids is 4. The third-order valence-corrected chi connectivity index (χ3v) is 22.3. The Labute approximate surface area is 661 Å². The fraction of sp³-hybridized carbons (Fsp3) is 0.245. The zero-order chi connectivity index (χ0) is 80.8. The van der Waals surface area contributed by atoms with E-state index in [4.69, 9.17) is 5.26 Å². The zero-order valence-electron chi connectivity index (χ0n) is 65.5. The molecule has 114 heavy (non-hydrogen) atoms. The van der Waals surface area contributed by atoms with Gasteiger partial charge in [0.15, 0.2) is 0 Å². The van der Waals surface area contributed by atoms with E-state index in [1.807, 2.05) is 143 Å². The van der Waals surface area contributed by atoms with Crippen molar-refractivity contribution < 1.29 is 28.0 Å². The Morgan fingerprint density at radius 1 is 0.316 bits per heavy atom. The van der Waals surface area contributed by atoms with Crippen LogP contribution in [-0.2, 0) is 124 Å². The van der Waals surface area contributed by atoms with Gasteiger partial charge in [0.2, 0.25) is 0 Å². The summed E-state index contributed by atoms with van der Waals surface area (Å²) in [4.78, 5) is 96.4. The van der Waals surface area contributed by atoms with Crippen LogP contribution in [0.15, 0.2) is 214 Å². The molecule has 8 aromatic carbocycles. The summed E-state index contributed by atoms with van der Waals surface area (Å²) in [5, 5.41) is 18.3. The SMILES string of the molecule is Cc1cc(-c2cc3c(cc2Cc2cccc(F)c2)CC(=O)CC3)cn(C)c1=O.Cc1cc(-c2ccc3c(c2Cc2ccc(C#N)cc2)CCC(=O)C3)cn(C)c1=O.Cc1cc(-c2ccc3c(c2Cc2cccc(C#N)c2)CCC(=O)C3)cn(C)c1=O.Cc1cc(-c2ccc3c(c2Cc2cccc(F)c2)CCC(=O)C3)cn(C)c1=O. The summed E-state index contributed by atoms with van der Waals surface area (Å²) in [6, 6.07) is 57.2. The Morgan fingerprint density at radius 3 is 1.04 bits per heavy atom. The molecule has 0 spiro atoms. The van der Waals surface area contributed by atoms with Crippen LogP contribution in [0.5, 0.6) is 0 Å². The van der Waals surface area contributed by atoms with Crippen molar-refractivity contribution in [2.45, 2.75) is 130 Å². The number of aromatic nitrogens is 4. The minimum absolute atomic E-state index is 0.000535. The topological polar surface area (TPSA) is 204 Å². The maximum absolute atomic E-state index is 13.8. The first-order chi connectivity index (χ1) is 54.7. The number of Topliss-reactive ketones (excluding diaryl/α,β-unsaturated/α-hetero) is 4. The highest BCUT2D eigenvalue weighted by atomic mass is 19.1. The summed E-state index contributed by atoms with van der Waals surface area (Å²) >= 11 is 0. The second-order valence-electron chi connectivity index (χ2n) is 30.7. The number of aryl methyl sites for hydroxylation is 9. The molecule has 0 saturated carbocycles. The number of hydrogen-bond acceptors (Lipinski definition) is 10. The quantitative estimate of drug-likeness (QED) is 0.113. The normalized spacial score (nSPS) is 13.3. The van der Waals surface area contributed by atoms with Crippen molar-refractivity contribution in [1.29, 1.82) is 10.5 Å². The van der Waals surface area contributed by atoms with Gasteiger partial charge in [0.05, 0.1) is 23.3 Å². The highest BCUT2D eigenvalue weighted by Crippen LogP contribution is 2.39. The monoisotopic (exact) mass is 1510 g/mol. The highest BCUT2D eigenvalue weighted by molar-refractivity contribution is 5.88. The Balaban J connectivity index is 0.000000133. The number of nitrogens with zero attached hydrogens (tertiary/aromatic N) is 6. The number of nitriles is 2. The first-order valence-electron chi connectivity index (χ1n) is 38.5. The molecule has 16 heteroatoms. The Kier molecular flexibility index (Phi) is 23.9. The van der Waals surface area contributed by atoms with Gasteiger partial charge in [-0.05, 0) is 285 Å². The summed E-state index contributed by atoms with van der Waals surface area (Å²) in [7, 11) is 7.05. The molecular formula is C98H88F2N6O8. The van der Waals surface area contributed by atoms with Crippen LogP contribution in [0.4, 0.5) is 8.78 Å². The lowest BCUT2D eigenvalue weighted by Gasteiger charge is -2.23. The minimum atomic E-state index is -0.259. The first kappa shape index (κ1) is 79.2.